The van der Waals surface area contributed by atoms with Crippen molar-refractivity contribution in [3.63, 3.8) is 0 Å². The van der Waals surface area contributed by atoms with Crippen molar-refractivity contribution in [3.05, 3.63) is 33.3 Å². The van der Waals surface area contributed by atoms with Gasteiger partial charge in [-0.1, -0.05) is 23.6 Å². The number of terminal acetylenes is 1. The molecule has 0 spiro atoms. The lowest BCUT2D eigenvalue weighted by Crippen LogP contribution is -2.30. The Morgan fingerprint density at radius 3 is 2.94 bits per heavy atom. The number of nitrogens with one attached hydrogen (secondary N) is 1. The average molecular weight is 331 g/mol. The molecule has 0 radical (unpaired) electrons. The predicted octanol–water partition coefficient (Wildman–Crippen LogP) is 2.93. The minimum Gasteiger partial charge on any atom is -0.465 e. The topological polar surface area (TPSA) is 38.3 Å². The molecule has 0 aliphatic carbocycles. The van der Waals surface area contributed by atoms with Gasteiger partial charge in [-0.05, 0) is 40.5 Å². The first-order chi connectivity index (χ1) is 8.60. The highest BCUT2D eigenvalue weighted by Gasteiger charge is 2.21. The molecule has 0 saturated heterocycles. The van der Waals surface area contributed by atoms with Crippen LogP contribution in [0.4, 0.5) is 0 Å². The molecule has 0 bridgehead atoms. The van der Waals surface area contributed by atoms with Crippen LogP contribution in [0.1, 0.15) is 18.5 Å². The van der Waals surface area contributed by atoms with Gasteiger partial charge in [0.05, 0.1) is 18.2 Å². The highest BCUT2D eigenvalue weighted by molar-refractivity contribution is 9.10. The van der Waals surface area contributed by atoms with Crippen LogP contribution in [-0.4, -0.2) is 19.1 Å². The summed E-state index contributed by atoms with van der Waals surface area (Å²) in [4.78, 5) is 11.8. The van der Waals surface area contributed by atoms with Crippen molar-refractivity contribution in [2.75, 3.05) is 13.2 Å². The second-order valence-corrected chi connectivity index (χ2v) is 4.71. The van der Waals surface area contributed by atoms with Gasteiger partial charge in [0.25, 0.3) is 0 Å². The average Bonchev–Trinajstić information content (AvgIpc) is 2.34. The summed E-state index contributed by atoms with van der Waals surface area (Å²) < 4.78 is 5.77. The third kappa shape index (κ3) is 4.02. The van der Waals surface area contributed by atoms with Crippen molar-refractivity contribution in [2.24, 2.45) is 0 Å². The lowest BCUT2D eigenvalue weighted by atomic mass is 10.1. The molecule has 3 nitrogen and oxygen atoms in total. The first kappa shape index (κ1) is 15.0. The number of halogens is 2. The summed E-state index contributed by atoms with van der Waals surface area (Å²) in [5.74, 6) is 2.06. The molecule has 18 heavy (non-hydrogen) atoms. The van der Waals surface area contributed by atoms with Gasteiger partial charge in [0.2, 0.25) is 0 Å². The molecule has 0 heterocycles. The molecule has 0 amide bonds. The van der Waals surface area contributed by atoms with Crippen molar-refractivity contribution < 1.29 is 9.53 Å². The fourth-order valence-electron chi connectivity index (χ4n) is 1.42. The summed E-state index contributed by atoms with van der Waals surface area (Å²) >= 11 is 9.30. The monoisotopic (exact) mass is 329 g/mol. The molecule has 0 aliphatic heterocycles. The SMILES string of the molecule is C#CCNC(C(=O)OCC)c1ccc(Br)c(Cl)c1. The zero-order valence-electron chi connectivity index (χ0n) is 9.87. The van der Waals surface area contributed by atoms with Crippen molar-refractivity contribution in [3.8, 4) is 12.3 Å². The van der Waals surface area contributed by atoms with Gasteiger partial charge in [-0.25, -0.2) is 4.79 Å². The highest BCUT2D eigenvalue weighted by Crippen LogP contribution is 2.26. The van der Waals surface area contributed by atoms with Crippen molar-refractivity contribution in [2.45, 2.75) is 13.0 Å². The molecule has 5 heteroatoms. The molecular weight excluding hydrogens is 318 g/mol. The predicted molar refractivity (Wildman–Crippen MR) is 75.4 cm³/mol. The number of hydrogen-bond donors (Lipinski definition) is 1. The third-order valence-electron chi connectivity index (χ3n) is 2.21. The minimum absolute atomic E-state index is 0.275. The quantitative estimate of drug-likeness (QED) is 0.666. The normalized spacial score (nSPS) is 11.7. The van der Waals surface area contributed by atoms with E-state index in [9.17, 15) is 4.79 Å². The Hall–Kier alpha value is -1.02. The number of carbonyl (C=O) groups is 1. The first-order valence-corrected chi connectivity index (χ1v) is 6.55. The van der Waals surface area contributed by atoms with Gasteiger partial charge in [-0.2, -0.15) is 0 Å². The molecule has 1 atom stereocenters. The van der Waals surface area contributed by atoms with E-state index in [1.807, 2.05) is 0 Å². The van der Waals surface area contributed by atoms with Gasteiger partial charge in [0.15, 0.2) is 0 Å². The Morgan fingerprint density at radius 1 is 1.67 bits per heavy atom. The van der Waals surface area contributed by atoms with Gasteiger partial charge in [0.1, 0.15) is 6.04 Å². The zero-order valence-corrected chi connectivity index (χ0v) is 12.2. The fraction of sp³-hybridized carbons (Fsp3) is 0.308. The highest BCUT2D eigenvalue weighted by atomic mass is 79.9. The summed E-state index contributed by atoms with van der Waals surface area (Å²) in [5, 5.41) is 3.46. The van der Waals surface area contributed by atoms with E-state index in [1.54, 1.807) is 25.1 Å². The van der Waals surface area contributed by atoms with Gasteiger partial charge < -0.3 is 4.74 Å². The van der Waals surface area contributed by atoms with Crippen LogP contribution in [0.25, 0.3) is 0 Å². The Bertz CT molecular complexity index is 471. The first-order valence-electron chi connectivity index (χ1n) is 5.38. The van der Waals surface area contributed by atoms with Crippen LogP contribution in [0.5, 0.6) is 0 Å². The van der Waals surface area contributed by atoms with Crippen molar-refractivity contribution in [1.29, 1.82) is 0 Å². The second kappa shape index (κ2) is 7.42. The Kier molecular flexibility index (Phi) is 6.20. The van der Waals surface area contributed by atoms with E-state index in [0.717, 1.165) is 10.0 Å². The standard InChI is InChI=1S/C13H13BrClNO2/c1-3-7-16-12(13(17)18-4-2)9-5-6-10(14)11(15)8-9/h1,5-6,8,12,16H,4,7H2,2H3. The number of rotatable bonds is 5. The Morgan fingerprint density at radius 2 is 2.39 bits per heavy atom. The number of esters is 1. The maximum absolute atomic E-state index is 11.8. The maximum Gasteiger partial charge on any atom is 0.327 e. The third-order valence-corrected chi connectivity index (χ3v) is 3.44. The number of hydrogen-bond acceptors (Lipinski definition) is 3. The van der Waals surface area contributed by atoms with E-state index in [4.69, 9.17) is 22.8 Å². The summed E-state index contributed by atoms with van der Waals surface area (Å²) in [7, 11) is 0. The fourth-order valence-corrected chi connectivity index (χ4v) is 1.85. The van der Waals surface area contributed by atoms with Gasteiger partial charge in [-0.3, -0.25) is 5.32 Å². The summed E-state index contributed by atoms with van der Waals surface area (Å²) in [5.41, 5.74) is 0.719. The van der Waals surface area contributed by atoms with Crippen molar-refractivity contribution >= 4 is 33.5 Å². The van der Waals surface area contributed by atoms with Gasteiger partial charge >= 0.3 is 5.97 Å². The minimum atomic E-state index is -0.605. The van der Waals surface area contributed by atoms with E-state index < -0.39 is 6.04 Å². The molecule has 1 aromatic rings. The van der Waals surface area contributed by atoms with Gasteiger partial charge in [-0.15, -0.1) is 6.42 Å². The molecule has 1 N–H and O–H groups in total. The van der Waals surface area contributed by atoms with Gasteiger partial charge in [0, 0.05) is 4.47 Å². The zero-order chi connectivity index (χ0) is 13.5. The molecule has 0 aromatic heterocycles. The number of benzene rings is 1. The van der Waals surface area contributed by atoms with E-state index in [-0.39, 0.29) is 12.5 Å². The smallest absolute Gasteiger partial charge is 0.327 e. The maximum atomic E-state index is 11.8. The summed E-state index contributed by atoms with van der Waals surface area (Å²) in [6.45, 7) is 2.35. The molecule has 1 unspecified atom stereocenters. The number of ether oxygens (including phenoxy) is 1. The van der Waals surface area contributed by atoms with E-state index in [2.05, 4.69) is 27.2 Å². The lowest BCUT2D eigenvalue weighted by molar-refractivity contribution is -0.145. The Balaban J connectivity index is 2.97. The van der Waals surface area contributed by atoms with E-state index in [0.29, 0.717) is 11.6 Å². The van der Waals surface area contributed by atoms with Crippen LogP contribution in [0.3, 0.4) is 0 Å². The van der Waals surface area contributed by atoms with E-state index >= 15 is 0 Å². The van der Waals surface area contributed by atoms with Crippen LogP contribution < -0.4 is 5.32 Å². The van der Waals surface area contributed by atoms with Crippen LogP contribution in [0, 0.1) is 12.3 Å². The summed E-state index contributed by atoms with van der Waals surface area (Å²) in [6, 6.07) is 4.67. The molecule has 1 rings (SSSR count). The largest absolute Gasteiger partial charge is 0.465 e. The number of carbonyl (C=O) groups excluding carboxylic acids is 1. The molecular formula is C13H13BrClNO2. The van der Waals surface area contributed by atoms with E-state index in [1.165, 1.54) is 0 Å². The van der Waals surface area contributed by atoms with Crippen LogP contribution in [0.15, 0.2) is 22.7 Å². The lowest BCUT2D eigenvalue weighted by Gasteiger charge is -2.16. The second-order valence-electron chi connectivity index (χ2n) is 3.44. The summed E-state index contributed by atoms with van der Waals surface area (Å²) in [6.07, 6.45) is 5.18. The molecule has 0 fully saturated rings. The molecule has 0 aliphatic rings. The van der Waals surface area contributed by atoms with Crippen LogP contribution in [0.2, 0.25) is 5.02 Å². The van der Waals surface area contributed by atoms with Crippen molar-refractivity contribution in [1.82, 2.24) is 5.32 Å². The molecule has 1 aromatic carbocycles. The van der Waals surface area contributed by atoms with Crippen LogP contribution >= 0.6 is 27.5 Å². The Labute approximate surface area is 120 Å². The van der Waals surface area contributed by atoms with Crippen LogP contribution in [-0.2, 0) is 9.53 Å². The molecule has 0 saturated carbocycles. The molecule has 96 valence electrons.